The van der Waals surface area contributed by atoms with Crippen molar-refractivity contribution < 1.29 is 4.74 Å². The van der Waals surface area contributed by atoms with E-state index < -0.39 is 5.54 Å². The van der Waals surface area contributed by atoms with E-state index in [-0.39, 0.29) is 0 Å². The third kappa shape index (κ3) is 3.76. The molecule has 1 saturated heterocycles. The van der Waals surface area contributed by atoms with Gasteiger partial charge in [-0.2, -0.15) is 0 Å². The number of imidazole rings is 1. The lowest BCUT2D eigenvalue weighted by atomic mass is 10.0. The van der Waals surface area contributed by atoms with Crippen LogP contribution in [0, 0.1) is 6.92 Å². The standard InChI is InChI=1S/C21H26N6O/c1-14-19(21(2,3)22)26-20(25-14)18-11-15(4-5-24-18)16-10-17(13-23-12-16)27-6-8-28-9-7-27/h4-5,10-13H,6-9,22H2,1-3H3,(H,25,26). The lowest BCUT2D eigenvalue weighted by Gasteiger charge is -2.28. The van der Waals surface area contributed by atoms with E-state index in [2.05, 4.69) is 25.9 Å². The van der Waals surface area contributed by atoms with Gasteiger partial charge in [-0.1, -0.05) is 0 Å². The summed E-state index contributed by atoms with van der Waals surface area (Å²) >= 11 is 0. The number of aromatic nitrogens is 4. The van der Waals surface area contributed by atoms with Crippen LogP contribution in [0.2, 0.25) is 0 Å². The second-order valence-corrected chi connectivity index (χ2v) is 7.74. The minimum Gasteiger partial charge on any atom is -0.378 e. The zero-order valence-electron chi connectivity index (χ0n) is 16.6. The summed E-state index contributed by atoms with van der Waals surface area (Å²) < 4.78 is 5.45. The summed E-state index contributed by atoms with van der Waals surface area (Å²) in [6.45, 7) is 9.16. The van der Waals surface area contributed by atoms with Crippen LogP contribution in [0.15, 0.2) is 36.8 Å². The zero-order valence-corrected chi connectivity index (χ0v) is 16.6. The summed E-state index contributed by atoms with van der Waals surface area (Å²) in [4.78, 5) is 19.3. The van der Waals surface area contributed by atoms with Gasteiger partial charge in [0.2, 0.25) is 0 Å². The van der Waals surface area contributed by atoms with Crippen molar-refractivity contribution >= 4 is 5.69 Å². The molecule has 1 aliphatic rings. The molecule has 7 heteroatoms. The molecule has 1 aliphatic heterocycles. The first-order valence-corrected chi connectivity index (χ1v) is 9.52. The minimum atomic E-state index is -0.507. The quantitative estimate of drug-likeness (QED) is 0.725. The van der Waals surface area contributed by atoms with Crippen LogP contribution < -0.4 is 10.6 Å². The van der Waals surface area contributed by atoms with Crippen LogP contribution >= 0.6 is 0 Å². The number of H-pyrrole nitrogens is 1. The molecule has 0 aromatic carbocycles. The zero-order chi connectivity index (χ0) is 19.7. The molecule has 4 rings (SSSR count). The Bertz CT molecular complexity index is 969. The average Bonchev–Trinajstić information content (AvgIpc) is 3.11. The predicted molar refractivity (Wildman–Crippen MR) is 110 cm³/mol. The topological polar surface area (TPSA) is 93.0 Å². The molecule has 7 nitrogen and oxygen atoms in total. The number of anilines is 1. The van der Waals surface area contributed by atoms with Gasteiger partial charge >= 0.3 is 0 Å². The molecule has 0 radical (unpaired) electrons. The second kappa shape index (κ2) is 7.33. The van der Waals surface area contributed by atoms with E-state index in [0.29, 0.717) is 0 Å². The summed E-state index contributed by atoms with van der Waals surface area (Å²) in [5, 5.41) is 0. The molecular formula is C21H26N6O. The highest BCUT2D eigenvalue weighted by Gasteiger charge is 2.22. The summed E-state index contributed by atoms with van der Waals surface area (Å²) in [6, 6.07) is 6.19. The van der Waals surface area contributed by atoms with Crippen molar-refractivity contribution in [2.45, 2.75) is 26.3 Å². The highest BCUT2D eigenvalue weighted by Crippen LogP contribution is 2.28. The molecule has 4 heterocycles. The van der Waals surface area contributed by atoms with Crippen LogP contribution in [0.4, 0.5) is 5.69 Å². The van der Waals surface area contributed by atoms with Crippen LogP contribution in [0.3, 0.4) is 0 Å². The van der Waals surface area contributed by atoms with E-state index >= 15 is 0 Å². The van der Waals surface area contributed by atoms with Crippen molar-refractivity contribution in [3.63, 3.8) is 0 Å². The Labute approximate surface area is 165 Å². The Morgan fingerprint density at radius 3 is 2.64 bits per heavy atom. The fourth-order valence-corrected chi connectivity index (χ4v) is 3.53. The smallest absolute Gasteiger partial charge is 0.156 e. The first kappa shape index (κ1) is 18.6. The number of hydrogen-bond acceptors (Lipinski definition) is 6. The molecule has 28 heavy (non-hydrogen) atoms. The Morgan fingerprint density at radius 2 is 1.93 bits per heavy atom. The van der Waals surface area contributed by atoms with Gasteiger partial charge in [-0.15, -0.1) is 0 Å². The number of nitrogens with zero attached hydrogens (tertiary/aromatic N) is 4. The van der Waals surface area contributed by atoms with Crippen molar-refractivity contribution in [2.24, 2.45) is 5.73 Å². The molecule has 3 aromatic rings. The van der Waals surface area contributed by atoms with Crippen LogP contribution in [-0.2, 0) is 10.3 Å². The number of hydrogen-bond donors (Lipinski definition) is 2. The van der Waals surface area contributed by atoms with Gasteiger partial charge in [-0.25, -0.2) is 4.98 Å². The van der Waals surface area contributed by atoms with Gasteiger partial charge in [0.05, 0.1) is 36.3 Å². The number of ether oxygens (including phenoxy) is 1. The first-order chi connectivity index (χ1) is 13.4. The Balaban J connectivity index is 1.66. The van der Waals surface area contributed by atoms with Gasteiger partial charge < -0.3 is 20.4 Å². The van der Waals surface area contributed by atoms with E-state index in [1.807, 2.05) is 45.3 Å². The monoisotopic (exact) mass is 378 g/mol. The predicted octanol–water partition coefficient (Wildman–Crippen LogP) is 2.87. The van der Waals surface area contributed by atoms with Crippen LogP contribution in [0.1, 0.15) is 25.2 Å². The van der Waals surface area contributed by atoms with Crippen molar-refractivity contribution in [1.82, 2.24) is 19.9 Å². The average molecular weight is 378 g/mol. The number of aromatic amines is 1. The van der Waals surface area contributed by atoms with Gasteiger partial charge in [0.25, 0.3) is 0 Å². The molecule has 0 amide bonds. The third-order valence-electron chi connectivity index (χ3n) is 4.93. The van der Waals surface area contributed by atoms with Crippen LogP contribution in [0.25, 0.3) is 22.6 Å². The molecule has 0 unspecified atom stereocenters. The maximum absolute atomic E-state index is 6.23. The normalized spacial score (nSPS) is 15.1. The molecule has 0 spiro atoms. The highest BCUT2D eigenvalue weighted by molar-refractivity contribution is 5.70. The number of rotatable bonds is 4. The fraction of sp³-hybridized carbons (Fsp3) is 0.381. The molecule has 146 valence electrons. The molecule has 0 bridgehead atoms. The van der Waals surface area contributed by atoms with Crippen molar-refractivity contribution in [1.29, 1.82) is 0 Å². The first-order valence-electron chi connectivity index (χ1n) is 9.52. The van der Waals surface area contributed by atoms with Crippen LogP contribution in [0.5, 0.6) is 0 Å². The highest BCUT2D eigenvalue weighted by atomic mass is 16.5. The maximum atomic E-state index is 6.23. The molecule has 0 saturated carbocycles. The van der Waals surface area contributed by atoms with E-state index in [0.717, 1.165) is 66.0 Å². The minimum absolute atomic E-state index is 0.507. The van der Waals surface area contributed by atoms with E-state index in [1.54, 1.807) is 6.20 Å². The SMILES string of the molecule is Cc1[nH]c(-c2cc(-c3cncc(N4CCOCC4)c3)ccn2)nc1C(C)(C)N. The van der Waals surface area contributed by atoms with Crippen molar-refractivity contribution in [3.05, 3.63) is 48.2 Å². The summed E-state index contributed by atoms with van der Waals surface area (Å²) in [7, 11) is 0. The Hall–Kier alpha value is -2.77. The third-order valence-corrected chi connectivity index (χ3v) is 4.93. The molecule has 1 fully saturated rings. The number of aryl methyl sites for hydroxylation is 1. The molecule has 3 N–H and O–H groups in total. The van der Waals surface area contributed by atoms with Gasteiger partial charge in [-0.05, 0) is 44.5 Å². The van der Waals surface area contributed by atoms with E-state index in [4.69, 9.17) is 15.5 Å². The second-order valence-electron chi connectivity index (χ2n) is 7.74. The Morgan fingerprint density at radius 1 is 1.14 bits per heavy atom. The summed E-state index contributed by atoms with van der Waals surface area (Å²) in [6.07, 6.45) is 5.59. The lowest BCUT2D eigenvalue weighted by molar-refractivity contribution is 0.122. The number of nitrogens with two attached hydrogens (primary N) is 1. The largest absolute Gasteiger partial charge is 0.378 e. The fourth-order valence-electron chi connectivity index (χ4n) is 3.53. The Kier molecular flexibility index (Phi) is 4.87. The molecule has 0 atom stereocenters. The lowest BCUT2D eigenvalue weighted by Crippen LogP contribution is -2.36. The van der Waals surface area contributed by atoms with Crippen molar-refractivity contribution in [3.8, 4) is 22.6 Å². The van der Waals surface area contributed by atoms with Gasteiger partial charge in [0.1, 0.15) is 5.69 Å². The van der Waals surface area contributed by atoms with Crippen molar-refractivity contribution in [2.75, 3.05) is 31.2 Å². The number of nitrogens with one attached hydrogen (secondary N) is 1. The van der Waals surface area contributed by atoms with Gasteiger partial charge in [-0.3, -0.25) is 9.97 Å². The van der Waals surface area contributed by atoms with Gasteiger partial charge in [0, 0.05) is 36.7 Å². The maximum Gasteiger partial charge on any atom is 0.156 e. The van der Waals surface area contributed by atoms with E-state index in [9.17, 15) is 0 Å². The molecule has 0 aliphatic carbocycles. The molecule has 3 aromatic heterocycles. The summed E-state index contributed by atoms with van der Waals surface area (Å²) in [5.41, 5.74) is 11.5. The number of pyridine rings is 2. The van der Waals surface area contributed by atoms with Crippen LogP contribution in [-0.4, -0.2) is 46.2 Å². The number of morpholine rings is 1. The van der Waals surface area contributed by atoms with Gasteiger partial charge in [0.15, 0.2) is 5.82 Å². The van der Waals surface area contributed by atoms with E-state index in [1.165, 1.54) is 0 Å². The molecular weight excluding hydrogens is 352 g/mol. The summed E-state index contributed by atoms with van der Waals surface area (Å²) in [5.74, 6) is 0.727.